The maximum Gasteiger partial charge on any atom is 0.280 e. The van der Waals surface area contributed by atoms with Crippen molar-refractivity contribution in [2.24, 2.45) is 0 Å². The first-order chi connectivity index (χ1) is 19.1. The molecule has 2 amide bonds. The van der Waals surface area contributed by atoms with E-state index in [2.05, 4.69) is 10.6 Å². The number of aromatic nitrogens is 1. The summed E-state index contributed by atoms with van der Waals surface area (Å²) in [6, 6.07) is 5.80. The first-order valence-electron chi connectivity index (χ1n) is 13.4. The highest BCUT2D eigenvalue weighted by molar-refractivity contribution is 6.36. The van der Waals surface area contributed by atoms with Gasteiger partial charge in [0.05, 0.1) is 34.8 Å². The van der Waals surface area contributed by atoms with Gasteiger partial charge >= 0.3 is 0 Å². The molecule has 2 aromatic rings. The van der Waals surface area contributed by atoms with Gasteiger partial charge in [-0.25, -0.2) is 13.5 Å². The average molecular weight is 616 g/mol. The normalized spacial score (nSPS) is 20.7. The van der Waals surface area contributed by atoms with E-state index in [1.165, 1.54) is 24.3 Å². The minimum absolute atomic E-state index is 0.00316. The molecule has 2 bridgehead atoms. The molecule has 1 aromatic heterocycles. The number of alkyl halides is 2. The molecular formula is C28H34Cl2F2N4O5. The van der Waals surface area contributed by atoms with Crippen LogP contribution in [0, 0.1) is 5.21 Å². The van der Waals surface area contributed by atoms with Crippen molar-refractivity contribution in [3.63, 3.8) is 0 Å². The molecule has 2 fully saturated rings. The number of carbonyl (C=O) groups excluding carboxylic acids is 2. The fourth-order valence-electron chi connectivity index (χ4n) is 5.50. The summed E-state index contributed by atoms with van der Waals surface area (Å²) < 4.78 is 31.4. The molecule has 2 atom stereocenters. The maximum absolute atomic E-state index is 13.3. The van der Waals surface area contributed by atoms with Crippen LogP contribution < -0.4 is 25.0 Å². The Bertz CT molecular complexity index is 1310. The molecule has 3 heterocycles. The van der Waals surface area contributed by atoms with Crippen LogP contribution in [0.25, 0.3) is 0 Å². The van der Waals surface area contributed by atoms with Gasteiger partial charge in [-0.2, -0.15) is 0 Å². The molecule has 13 heteroatoms. The molecule has 41 heavy (non-hydrogen) atoms. The highest BCUT2D eigenvalue weighted by Crippen LogP contribution is 2.40. The third kappa shape index (κ3) is 6.95. The summed E-state index contributed by atoms with van der Waals surface area (Å²) in [5, 5.41) is 28.9. The van der Waals surface area contributed by atoms with E-state index in [4.69, 9.17) is 27.9 Å². The van der Waals surface area contributed by atoms with Gasteiger partial charge in [0.15, 0.2) is 5.60 Å². The molecule has 2 unspecified atom stereocenters. The van der Waals surface area contributed by atoms with Crippen molar-refractivity contribution >= 4 is 40.8 Å². The van der Waals surface area contributed by atoms with Gasteiger partial charge in [0.1, 0.15) is 11.9 Å². The number of amides is 2. The highest BCUT2D eigenvalue weighted by Gasteiger charge is 2.48. The van der Waals surface area contributed by atoms with Crippen molar-refractivity contribution in [1.29, 1.82) is 0 Å². The van der Waals surface area contributed by atoms with Gasteiger partial charge in [0.2, 0.25) is 0 Å². The Morgan fingerprint density at radius 2 is 1.78 bits per heavy atom. The summed E-state index contributed by atoms with van der Waals surface area (Å²) in [5.74, 6) is -0.498. The van der Waals surface area contributed by atoms with Crippen LogP contribution in [-0.2, 0) is 10.4 Å². The Balaban J connectivity index is 1.42. The summed E-state index contributed by atoms with van der Waals surface area (Å²) in [6.07, 6.45) is 1.25. The van der Waals surface area contributed by atoms with Crippen LogP contribution in [0.5, 0.6) is 5.75 Å². The van der Waals surface area contributed by atoms with Crippen molar-refractivity contribution in [3.05, 3.63) is 56.8 Å². The third-order valence-corrected chi connectivity index (χ3v) is 8.11. The topological polar surface area (TPSA) is 118 Å². The number of halogens is 4. The molecular weight excluding hydrogens is 581 g/mol. The van der Waals surface area contributed by atoms with E-state index in [0.29, 0.717) is 29.0 Å². The maximum atomic E-state index is 13.3. The van der Waals surface area contributed by atoms with Crippen molar-refractivity contribution in [2.75, 3.05) is 11.4 Å². The van der Waals surface area contributed by atoms with E-state index < -0.39 is 30.1 Å². The van der Waals surface area contributed by atoms with E-state index >= 15 is 0 Å². The summed E-state index contributed by atoms with van der Waals surface area (Å²) in [7, 11) is 0. The number of rotatable bonds is 9. The van der Waals surface area contributed by atoms with Crippen LogP contribution >= 0.6 is 23.2 Å². The number of ether oxygens (including phenoxy) is 1. The number of nitrogens with zero attached hydrogens (tertiary/aromatic N) is 2. The summed E-state index contributed by atoms with van der Waals surface area (Å²) >= 11 is 12.6. The number of fused-ring (bicyclic) bond motifs is 2. The molecule has 224 valence electrons. The second-order valence-electron chi connectivity index (χ2n) is 11.6. The smallest absolute Gasteiger partial charge is 0.280 e. The summed E-state index contributed by atoms with van der Waals surface area (Å²) in [5.41, 5.74) is -2.14. The molecule has 1 aromatic carbocycles. The van der Waals surface area contributed by atoms with E-state index in [0.717, 1.165) is 19.0 Å². The predicted octanol–water partition coefficient (Wildman–Crippen LogP) is 4.32. The number of hydrogen-bond acceptors (Lipinski definition) is 6. The molecule has 2 saturated heterocycles. The second-order valence-corrected chi connectivity index (χ2v) is 12.4. The number of carbonyl (C=O) groups is 2. The van der Waals surface area contributed by atoms with Crippen LogP contribution in [0.4, 0.5) is 14.6 Å². The molecule has 0 spiro atoms. The molecule has 0 radical (unpaired) electrons. The van der Waals surface area contributed by atoms with E-state index in [1.54, 1.807) is 27.7 Å². The SMILES string of the molecule is CC(C)(Oc1cc(C(C)(C)O)c(Cl)cc1Cl)C(=O)NC1CC2CCC(C1)N2c1ccc(C(=O)NCC(F)F)c[n+]1[O-]. The third-order valence-electron chi connectivity index (χ3n) is 7.50. The van der Waals surface area contributed by atoms with Crippen LogP contribution in [0.15, 0.2) is 30.5 Å². The van der Waals surface area contributed by atoms with Crippen molar-refractivity contribution in [2.45, 2.75) is 89.1 Å². The quantitative estimate of drug-likeness (QED) is 0.286. The van der Waals surface area contributed by atoms with Gasteiger partial charge in [-0.15, -0.1) is 0 Å². The predicted molar refractivity (Wildman–Crippen MR) is 151 cm³/mol. The minimum Gasteiger partial charge on any atom is -0.711 e. The Morgan fingerprint density at radius 3 is 2.34 bits per heavy atom. The van der Waals surface area contributed by atoms with Crippen LogP contribution in [0.1, 0.15) is 69.3 Å². The number of hydrogen-bond donors (Lipinski definition) is 3. The fraction of sp³-hybridized carbons (Fsp3) is 0.536. The molecule has 9 nitrogen and oxygen atoms in total. The van der Waals surface area contributed by atoms with E-state index in [9.17, 15) is 28.7 Å². The first-order valence-corrected chi connectivity index (χ1v) is 14.1. The number of benzene rings is 1. The van der Waals surface area contributed by atoms with Gasteiger partial charge in [-0.1, -0.05) is 23.2 Å². The molecule has 0 aliphatic carbocycles. The first kappa shape index (κ1) is 31.1. The van der Waals surface area contributed by atoms with Crippen LogP contribution in [0.2, 0.25) is 10.0 Å². The number of pyridine rings is 1. The Kier molecular flexibility index (Phi) is 8.92. The lowest BCUT2D eigenvalue weighted by atomic mass is 9.96. The van der Waals surface area contributed by atoms with Gasteiger partial charge in [-0.05, 0) is 58.7 Å². The van der Waals surface area contributed by atoms with E-state index in [-0.39, 0.29) is 45.4 Å². The molecule has 0 saturated carbocycles. The fourth-order valence-corrected chi connectivity index (χ4v) is 6.16. The molecule has 3 N–H and O–H groups in total. The lowest BCUT2D eigenvalue weighted by Crippen LogP contribution is -2.56. The highest BCUT2D eigenvalue weighted by atomic mass is 35.5. The zero-order valence-electron chi connectivity index (χ0n) is 23.2. The lowest BCUT2D eigenvalue weighted by Gasteiger charge is -2.37. The Labute approximate surface area is 247 Å². The monoisotopic (exact) mass is 614 g/mol. The van der Waals surface area contributed by atoms with E-state index in [1.807, 2.05) is 4.90 Å². The van der Waals surface area contributed by atoms with Crippen molar-refractivity contribution in [1.82, 2.24) is 10.6 Å². The largest absolute Gasteiger partial charge is 0.711 e. The number of nitrogens with one attached hydrogen (secondary N) is 2. The van der Waals surface area contributed by atoms with Gasteiger partial charge in [0.25, 0.3) is 24.1 Å². The van der Waals surface area contributed by atoms with Gasteiger partial charge in [0, 0.05) is 35.5 Å². The second kappa shape index (κ2) is 11.8. The standard InChI is InChI=1S/C28H34Cl2F2N4O5/c1-27(2,39)19-11-22(21(30)12-20(19)29)41-28(3,4)26(38)34-16-9-17-6-7-18(10-16)36(17)24-8-5-15(14-35(24)40)25(37)33-13-23(31)32/h5,8,11-12,14,16-18,23,39H,6-7,9-10,13H2,1-4H3,(H,33,37)(H,34,38). The van der Waals surface area contributed by atoms with Gasteiger partial charge in [-0.3, -0.25) is 14.5 Å². The van der Waals surface area contributed by atoms with Crippen LogP contribution in [-0.4, -0.2) is 53.6 Å². The Morgan fingerprint density at radius 1 is 1.15 bits per heavy atom. The minimum atomic E-state index is -2.69. The van der Waals surface area contributed by atoms with Crippen LogP contribution in [0.3, 0.4) is 0 Å². The summed E-state index contributed by atoms with van der Waals surface area (Å²) in [6.45, 7) is 5.63. The average Bonchev–Trinajstić information content (AvgIpc) is 3.12. The number of piperidine rings is 1. The number of anilines is 1. The summed E-state index contributed by atoms with van der Waals surface area (Å²) in [4.78, 5) is 27.4. The lowest BCUT2D eigenvalue weighted by molar-refractivity contribution is -0.592. The Hall–Kier alpha value is -2.89. The molecule has 2 aliphatic heterocycles. The molecule has 2 aliphatic rings. The zero-order chi connectivity index (χ0) is 30.3. The van der Waals surface area contributed by atoms with Crippen molar-refractivity contribution < 1.29 is 32.9 Å². The van der Waals surface area contributed by atoms with Gasteiger partial charge < -0.3 is 25.7 Å². The zero-order valence-corrected chi connectivity index (χ0v) is 24.7. The van der Waals surface area contributed by atoms with Crippen molar-refractivity contribution in [3.8, 4) is 5.75 Å². The molecule has 4 rings (SSSR count). The number of aliphatic hydroxyl groups is 1.